The first kappa shape index (κ1) is 16.2. The molecule has 0 aromatic heterocycles. The van der Waals surface area contributed by atoms with Crippen LogP contribution in [0.25, 0.3) is 0 Å². The highest BCUT2D eigenvalue weighted by Gasteiger charge is 2.49. The van der Waals surface area contributed by atoms with E-state index in [0.717, 1.165) is 6.07 Å². The topological polar surface area (TPSA) is 18.5 Å². The van der Waals surface area contributed by atoms with Gasteiger partial charge in [0.05, 0.1) is 14.2 Å². The van der Waals surface area contributed by atoms with Gasteiger partial charge in [0.25, 0.3) is 0 Å². The molecule has 0 heterocycles. The molecular formula is C11H10Cl2F4O2. The molecule has 0 saturated carbocycles. The van der Waals surface area contributed by atoms with Crippen LogP contribution < -0.4 is 9.47 Å². The summed E-state index contributed by atoms with van der Waals surface area (Å²) in [6, 6.07) is 2.22. The van der Waals surface area contributed by atoms with Crippen LogP contribution in [0, 0.1) is 0 Å². The van der Waals surface area contributed by atoms with Gasteiger partial charge in [0.1, 0.15) is 5.38 Å². The van der Waals surface area contributed by atoms with E-state index in [4.69, 9.17) is 32.7 Å². The minimum atomic E-state index is -4.41. The van der Waals surface area contributed by atoms with Crippen molar-refractivity contribution in [1.29, 1.82) is 0 Å². The van der Waals surface area contributed by atoms with Gasteiger partial charge in [-0.2, -0.15) is 8.78 Å². The van der Waals surface area contributed by atoms with Gasteiger partial charge in [-0.3, -0.25) is 0 Å². The first-order valence-electron chi connectivity index (χ1n) is 4.97. The minimum absolute atomic E-state index is 0.0672. The molecule has 1 atom stereocenters. The Labute approximate surface area is 117 Å². The molecule has 0 radical (unpaired) electrons. The zero-order valence-corrected chi connectivity index (χ0v) is 11.4. The number of hydrogen-bond acceptors (Lipinski definition) is 2. The van der Waals surface area contributed by atoms with Gasteiger partial charge in [-0.05, 0) is 11.6 Å². The lowest BCUT2D eigenvalue weighted by Gasteiger charge is -2.23. The Morgan fingerprint density at radius 2 is 1.58 bits per heavy atom. The van der Waals surface area contributed by atoms with Crippen molar-refractivity contribution < 1.29 is 27.0 Å². The van der Waals surface area contributed by atoms with Crippen molar-refractivity contribution in [2.75, 3.05) is 14.2 Å². The third-order valence-electron chi connectivity index (χ3n) is 2.40. The molecule has 19 heavy (non-hydrogen) atoms. The molecule has 2 nitrogen and oxygen atoms in total. The van der Waals surface area contributed by atoms with E-state index in [0.29, 0.717) is 0 Å². The van der Waals surface area contributed by atoms with Crippen LogP contribution in [-0.2, 0) is 0 Å². The highest BCUT2D eigenvalue weighted by atomic mass is 35.5. The van der Waals surface area contributed by atoms with Crippen molar-refractivity contribution in [3.8, 4) is 11.5 Å². The highest BCUT2D eigenvalue weighted by Crippen LogP contribution is 2.46. The summed E-state index contributed by atoms with van der Waals surface area (Å²) < 4.78 is 60.7. The molecular weight excluding hydrogens is 311 g/mol. The zero-order chi connectivity index (χ0) is 14.8. The second-order valence-corrected chi connectivity index (χ2v) is 4.41. The third-order valence-corrected chi connectivity index (χ3v) is 3.26. The first-order valence-corrected chi connectivity index (χ1v) is 5.78. The average molecular weight is 321 g/mol. The SMILES string of the molecule is COc1cc(Cl)c(C(Cl)C(F)(F)C(F)F)cc1OC. The van der Waals surface area contributed by atoms with Crippen molar-refractivity contribution in [1.82, 2.24) is 0 Å². The summed E-state index contributed by atoms with van der Waals surface area (Å²) in [5.41, 5.74) is -0.355. The lowest BCUT2D eigenvalue weighted by molar-refractivity contribution is -0.130. The number of benzene rings is 1. The van der Waals surface area contributed by atoms with Gasteiger partial charge < -0.3 is 9.47 Å². The fourth-order valence-electron chi connectivity index (χ4n) is 1.38. The molecule has 0 bridgehead atoms. The van der Waals surface area contributed by atoms with E-state index in [1.54, 1.807) is 0 Å². The summed E-state index contributed by atoms with van der Waals surface area (Å²) in [5.74, 6) is -4.16. The zero-order valence-electron chi connectivity index (χ0n) is 9.89. The van der Waals surface area contributed by atoms with Crippen LogP contribution in [0.3, 0.4) is 0 Å². The molecule has 108 valence electrons. The second kappa shape index (κ2) is 6.05. The molecule has 0 aliphatic carbocycles. The Balaban J connectivity index is 3.28. The van der Waals surface area contributed by atoms with Crippen LogP contribution in [0.15, 0.2) is 12.1 Å². The number of ether oxygens (including phenoxy) is 2. The average Bonchev–Trinajstić information content (AvgIpc) is 2.37. The molecule has 0 aliphatic rings. The number of rotatable bonds is 5. The van der Waals surface area contributed by atoms with Gasteiger partial charge in [0.2, 0.25) is 0 Å². The van der Waals surface area contributed by atoms with Crippen LogP contribution in [0.1, 0.15) is 10.9 Å². The molecule has 8 heteroatoms. The number of hydrogen-bond donors (Lipinski definition) is 0. The maximum absolute atomic E-state index is 13.2. The number of alkyl halides is 5. The van der Waals surface area contributed by atoms with Crippen molar-refractivity contribution in [2.45, 2.75) is 17.7 Å². The normalized spacial score (nSPS) is 13.5. The van der Waals surface area contributed by atoms with Crippen molar-refractivity contribution in [3.63, 3.8) is 0 Å². The quantitative estimate of drug-likeness (QED) is 0.586. The minimum Gasteiger partial charge on any atom is -0.493 e. The summed E-state index contributed by atoms with van der Waals surface area (Å²) >= 11 is 11.2. The molecule has 1 unspecified atom stereocenters. The van der Waals surface area contributed by atoms with Gasteiger partial charge in [-0.1, -0.05) is 11.6 Å². The Bertz CT molecular complexity index is 455. The van der Waals surface area contributed by atoms with E-state index < -0.39 is 17.7 Å². The molecule has 0 fully saturated rings. The summed E-state index contributed by atoms with van der Waals surface area (Å²) in [5, 5.41) is -2.49. The Kier molecular flexibility index (Phi) is 5.15. The maximum Gasteiger partial charge on any atom is 0.327 e. The molecule has 0 N–H and O–H groups in total. The van der Waals surface area contributed by atoms with Gasteiger partial charge in [-0.15, -0.1) is 11.6 Å². The van der Waals surface area contributed by atoms with Crippen molar-refractivity contribution in [3.05, 3.63) is 22.7 Å². The van der Waals surface area contributed by atoms with Gasteiger partial charge >= 0.3 is 12.3 Å². The van der Waals surface area contributed by atoms with E-state index in [-0.39, 0.29) is 22.1 Å². The molecule has 1 aromatic carbocycles. The lowest BCUT2D eigenvalue weighted by Crippen LogP contribution is -2.31. The third kappa shape index (κ3) is 3.17. The standard InChI is InChI=1S/C11H10Cl2F4O2/c1-18-7-3-5(6(12)4-8(7)19-2)9(13)11(16,17)10(14)15/h3-4,9-10H,1-2H3. The number of halogens is 6. The largest absolute Gasteiger partial charge is 0.493 e. The summed E-state index contributed by atoms with van der Waals surface area (Å²) in [6.07, 6.45) is -3.90. The summed E-state index contributed by atoms with van der Waals surface area (Å²) in [6.45, 7) is 0. The molecule has 0 amide bonds. The van der Waals surface area contributed by atoms with Crippen LogP contribution >= 0.6 is 23.2 Å². The smallest absolute Gasteiger partial charge is 0.327 e. The predicted octanol–water partition coefficient (Wildman–Crippen LogP) is 4.54. The number of methoxy groups -OCH3 is 2. The van der Waals surface area contributed by atoms with Crippen molar-refractivity contribution in [2.24, 2.45) is 0 Å². The molecule has 0 aliphatic heterocycles. The monoisotopic (exact) mass is 320 g/mol. The molecule has 0 spiro atoms. The van der Waals surface area contributed by atoms with Gasteiger partial charge in [-0.25, -0.2) is 8.78 Å². The molecule has 1 aromatic rings. The van der Waals surface area contributed by atoms with Crippen LogP contribution in [0.2, 0.25) is 5.02 Å². The van der Waals surface area contributed by atoms with E-state index in [9.17, 15) is 17.6 Å². The van der Waals surface area contributed by atoms with E-state index >= 15 is 0 Å². The summed E-state index contributed by atoms with van der Waals surface area (Å²) in [4.78, 5) is 0. The Hall–Kier alpha value is -0.880. The second-order valence-electron chi connectivity index (χ2n) is 3.57. The maximum atomic E-state index is 13.2. The molecule has 0 saturated heterocycles. The van der Waals surface area contributed by atoms with Crippen LogP contribution in [0.5, 0.6) is 11.5 Å². The van der Waals surface area contributed by atoms with Gasteiger partial charge in [0.15, 0.2) is 11.5 Å². The van der Waals surface area contributed by atoms with E-state index in [1.807, 2.05) is 0 Å². The van der Waals surface area contributed by atoms with E-state index in [1.165, 1.54) is 20.3 Å². The van der Waals surface area contributed by atoms with Gasteiger partial charge in [0, 0.05) is 11.1 Å². The molecule has 1 rings (SSSR count). The first-order chi connectivity index (χ1) is 8.75. The van der Waals surface area contributed by atoms with E-state index in [2.05, 4.69) is 0 Å². The Morgan fingerprint density at radius 3 is 2.00 bits per heavy atom. The fourth-order valence-corrected chi connectivity index (χ4v) is 1.98. The lowest BCUT2D eigenvalue weighted by atomic mass is 10.1. The predicted molar refractivity (Wildman–Crippen MR) is 64.1 cm³/mol. The Morgan fingerprint density at radius 1 is 1.11 bits per heavy atom. The summed E-state index contributed by atoms with van der Waals surface area (Å²) in [7, 11) is 2.59. The fraction of sp³-hybridized carbons (Fsp3) is 0.455. The van der Waals surface area contributed by atoms with Crippen LogP contribution in [0.4, 0.5) is 17.6 Å². The highest BCUT2D eigenvalue weighted by molar-refractivity contribution is 6.33. The van der Waals surface area contributed by atoms with Crippen LogP contribution in [-0.4, -0.2) is 26.6 Å². The van der Waals surface area contributed by atoms with Crippen molar-refractivity contribution >= 4 is 23.2 Å².